The molecule has 0 atom stereocenters. The Morgan fingerprint density at radius 3 is 2.58 bits per heavy atom. The molecule has 0 spiro atoms. The van der Waals surface area contributed by atoms with E-state index in [0.29, 0.717) is 18.7 Å². The van der Waals surface area contributed by atoms with Gasteiger partial charge < -0.3 is 4.90 Å². The van der Waals surface area contributed by atoms with E-state index < -0.39 is 0 Å². The summed E-state index contributed by atoms with van der Waals surface area (Å²) in [5.41, 5.74) is 0.722. The molecule has 0 bridgehead atoms. The summed E-state index contributed by atoms with van der Waals surface area (Å²) in [5.74, 6) is -0.569. The minimum Gasteiger partial charge on any atom is -0.336 e. The summed E-state index contributed by atoms with van der Waals surface area (Å²) in [7, 11) is 0. The molecular weight excluding hydrogens is 243 g/mol. The van der Waals surface area contributed by atoms with Crippen molar-refractivity contribution in [1.82, 2.24) is 9.80 Å². The first-order valence-electron chi connectivity index (χ1n) is 6.90. The molecule has 1 aromatic rings. The summed E-state index contributed by atoms with van der Waals surface area (Å²) in [5, 5.41) is 0. The Labute approximate surface area is 114 Å². The van der Waals surface area contributed by atoms with E-state index in [4.69, 9.17) is 0 Å². The van der Waals surface area contributed by atoms with Gasteiger partial charge in [0.25, 0.3) is 5.91 Å². The van der Waals surface area contributed by atoms with Crippen molar-refractivity contribution >= 4 is 5.91 Å². The lowest BCUT2D eigenvalue weighted by Gasteiger charge is -2.34. The van der Waals surface area contributed by atoms with Gasteiger partial charge in [0.05, 0.1) is 5.56 Å². The number of hydrogen-bond acceptors (Lipinski definition) is 2. The molecule has 1 aromatic carbocycles. The number of halogens is 1. The van der Waals surface area contributed by atoms with E-state index in [1.54, 1.807) is 30.0 Å². The molecule has 0 saturated carbocycles. The summed E-state index contributed by atoms with van der Waals surface area (Å²) < 4.78 is 13.9. The third kappa shape index (κ3) is 3.13. The van der Waals surface area contributed by atoms with Crippen LogP contribution in [-0.2, 0) is 0 Å². The lowest BCUT2D eigenvalue weighted by molar-refractivity contribution is 0.0633. The van der Waals surface area contributed by atoms with E-state index in [2.05, 4.69) is 11.8 Å². The molecule has 1 fully saturated rings. The number of nitrogens with zero attached hydrogens (tertiary/aromatic N) is 2. The molecule has 1 heterocycles. The molecule has 3 nitrogen and oxygen atoms in total. The Morgan fingerprint density at radius 2 is 1.95 bits per heavy atom. The molecule has 0 N–H and O–H groups in total. The minimum absolute atomic E-state index is 0.183. The topological polar surface area (TPSA) is 23.6 Å². The van der Waals surface area contributed by atoms with Crippen LogP contribution in [0, 0.1) is 12.7 Å². The molecule has 1 amide bonds. The van der Waals surface area contributed by atoms with Gasteiger partial charge in [-0.05, 0) is 31.5 Å². The van der Waals surface area contributed by atoms with Crippen LogP contribution < -0.4 is 0 Å². The van der Waals surface area contributed by atoms with E-state index in [9.17, 15) is 9.18 Å². The van der Waals surface area contributed by atoms with Crippen molar-refractivity contribution in [3.05, 3.63) is 35.1 Å². The van der Waals surface area contributed by atoms with Crippen molar-refractivity contribution in [3.8, 4) is 0 Å². The van der Waals surface area contributed by atoms with Gasteiger partial charge in [-0.3, -0.25) is 9.69 Å². The Morgan fingerprint density at radius 1 is 1.26 bits per heavy atom. The highest BCUT2D eigenvalue weighted by molar-refractivity contribution is 5.94. The summed E-state index contributed by atoms with van der Waals surface area (Å²) >= 11 is 0. The van der Waals surface area contributed by atoms with Gasteiger partial charge in [0.2, 0.25) is 0 Å². The van der Waals surface area contributed by atoms with Crippen LogP contribution in [0.25, 0.3) is 0 Å². The van der Waals surface area contributed by atoms with Gasteiger partial charge in [0.1, 0.15) is 5.82 Å². The number of piperazine rings is 1. The molecule has 1 aliphatic heterocycles. The van der Waals surface area contributed by atoms with Crippen LogP contribution in [0.3, 0.4) is 0 Å². The monoisotopic (exact) mass is 264 g/mol. The van der Waals surface area contributed by atoms with Gasteiger partial charge >= 0.3 is 0 Å². The van der Waals surface area contributed by atoms with Crippen molar-refractivity contribution < 1.29 is 9.18 Å². The molecule has 1 saturated heterocycles. The third-order valence-corrected chi connectivity index (χ3v) is 3.62. The average Bonchev–Trinajstić information content (AvgIpc) is 2.42. The van der Waals surface area contributed by atoms with Crippen LogP contribution in [0.15, 0.2) is 18.2 Å². The van der Waals surface area contributed by atoms with Crippen LogP contribution in [-0.4, -0.2) is 48.4 Å². The average molecular weight is 264 g/mol. The second-order valence-electron chi connectivity index (χ2n) is 5.07. The number of hydrogen-bond donors (Lipinski definition) is 0. The fourth-order valence-electron chi connectivity index (χ4n) is 2.47. The molecular formula is C15H21FN2O. The number of amides is 1. The molecule has 4 heteroatoms. The number of benzene rings is 1. The zero-order chi connectivity index (χ0) is 13.8. The van der Waals surface area contributed by atoms with Crippen molar-refractivity contribution in [3.63, 3.8) is 0 Å². The van der Waals surface area contributed by atoms with Crippen LogP contribution in [0.4, 0.5) is 4.39 Å². The van der Waals surface area contributed by atoms with Gasteiger partial charge in [-0.1, -0.05) is 19.1 Å². The highest BCUT2D eigenvalue weighted by atomic mass is 19.1. The third-order valence-electron chi connectivity index (χ3n) is 3.62. The second-order valence-corrected chi connectivity index (χ2v) is 5.07. The molecule has 1 aliphatic rings. The minimum atomic E-state index is -0.386. The Bertz CT molecular complexity index is 453. The maximum Gasteiger partial charge on any atom is 0.256 e. The number of carbonyl (C=O) groups is 1. The fourth-order valence-corrected chi connectivity index (χ4v) is 2.47. The summed E-state index contributed by atoms with van der Waals surface area (Å²) in [6.45, 7) is 8.05. The van der Waals surface area contributed by atoms with Gasteiger partial charge in [-0.25, -0.2) is 4.39 Å². The molecule has 104 valence electrons. The second kappa shape index (κ2) is 6.15. The van der Waals surface area contributed by atoms with E-state index in [0.717, 1.165) is 26.1 Å². The van der Waals surface area contributed by atoms with Crippen molar-refractivity contribution in [2.75, 3.05) is 32.7 Å². The number of aryl methyl sites for hydroxylation is 1. The highest BCUT2D eigenvalue weighted by Gasteiger charge is 2.23. The maximum atomic E-state index is 13.9. The van der Waals surface area contributed by atoms with E-state index in [-0.39, 0.29) is 17.3 Å². The van der Waals surface area contributed by atoms with Crippen LogP contribution in [0.2, 0.25) is 0 Å². The van der Waals surface area contributed by atoms with E-state index in [1.807, 2.05) is 0 Å². The smallest absolute Gasteiger partial charge is 0.256 e. The molecule has 2 rings (SSSR count). The Hall–Kier alpha value is -1.42. The summed E-state index contributed by atoms with van der Waals surface area (Å²) in [6, 6.07) is 4.99. The lowest BCUT2D eigenvalue weighted by atomic mass is 10.1. The fraction of sp³-hybridized carbons (Fsp3) is 0.533. The molecule has 0 unspecified atom stereocenters. The van der Waals surface area contributed by atoms with Crippen LogP contribution in [0.5, 0.6) is 0 Å². The number of carbonyl (C=O) groups excluding carboxylic acids is 1. The molecule has 0 aliphatic carbocycles. The highest BCUT2D eigenvalue weighted by Crippen LogP contribution is 2.15. The molecule has 0 radical (unpaired) electrons. The zero-order valence-corrected chi connectivity index (χ0v) is 11.7. The summed E-state index contributed by atoms with van der Waals surface area (Å²) in [6.07, 6.45) is 1.13. The predicted molar refractivity (Wildman–Crippen MR) is 73.8 cm³/mol. The predicted octanol–water partition coefficient (Wildman–Crippen LogP) is 2.30. The Kier molecular flexibility index (Phi) is 4.53. The largest absolute Gasteiger partial charge is 0.336 e. The molecule has 0 aromatic heterocycles. The molecule has 19 heavy (non-hydrogen) atoms. The van der Waals surface area contributed by atoms with E-state index >= 15 is 0 Å². The van der Waals surface area contributed by atoms with Crippen molar-refractivity contribution in [2.24, 2.45) is 0 Å². The first-order valence-corrected chi connectivity index (χ1v) is 6.90. The lowest BCUT2D eigenvalue weighted by Crippen LogP contribution is -2.48. The van der Waals surface area contributed by atoms with Gasteiger partial charge in [-0.2, -0.15) is 0 Å². The van der Waals surface area contributed by atoms with E-state index in [1.165, 1.54) is 0 Å². The first kappa shape index (κ1) is 14.0. The van der Waals surface area contributed by atoms with Crippen molar-refractivity contribution in [2.45, 2.75) is 20.3 Å². The number of rotatable bonds is 3. The SMILES string of the molecule is CCCN1CCN(C(=O)c2cccc(C)c2F)CC1. The normalized spacial score (nSPS) is 16.7. The zero-order valence-electron chi connectivity index (χ0n) is 11.7. The Balaban J connectivity index is 2.03. The quantitative estimate of drug-likeness (QED) is 0.836. The van der Waals surface area contributed by atoms with Gasteiger partial charge in [0.15, 0.2) is 0 Å². The van der Waals surface area contributed by atoms with Gasteiger partial charge in [-0.15, -0.1) is 0 Å². The van der Waals surface area contributed by atoms with Crippen LogP contribution >= 0.6 is 0 Å². The standard InChI is InChI=1S/C15H21FN2O/c1-3-7-17-8-10-18(11-9-17)15(19)13-6-4-5-12(2)14(13)16/h4-6H,3,7-11H2,1-2H3. The van der Waals surface area contributed by atoms with Crippen molar-refractivity contribution in [1.29, 1.82) is 0 Å². The maximum absolute atomic E-state index is 13.9. The van der Waals surface area contributed by atoms with Crippen LogP contribution in [0.1, 0.15) is 29.3 Å². The van der Waals surface area contributed by atoms with Gasteiger partial charge in [0, 0.05) is 26.2 Å². The summed E-state index contributed by atoms with van der Waals surface area (Å²) in [4.78, 5) is 16.4. The first-order chi connectivity index (χ1) is 9.13.